The Kier molecular flexibility index (Phi) is 12.7. The Morgan fingerprint density at radius 2 is 1.62 bits per heavy atom. The molecule has 0 saturated carbocycles. The van der Waals surface area contributed by atoms with E-state index in [2.05, 4.69) is 32.6 Å². The second-order valence-electron chi connectivity index (χ2n) is 10.7. The highest BCUT2D eigenvalue weighted by molar-refractivity contribution is 6.46. The van der Waals surface area contributed by atoms with Crippen LogP contribution in [0.3, 0.4) is 0 Å². The molecular formula is C34H48N2O6. The van der Waals surface area contributed by atoms with Crippen LogP contribution >= 0.6 is 0 Å². The molecule has 0 aliphatic carbocycles. The topological polar surface area (TPSA) is 88.5 Å². The van der Waals surface area contributed by atoms with Crippen molar-refractivity contribution in [3.05, 3.63) is 58.7 Å². The number of ketones is 1. The van der Waals surface area contributed by atoms with Crippen LogP contribution in [0.2, 0.25) is 0 Å². The van der Waals surface area contributed by atoms with E-state index in [1.165, 1.54) is 0 Å². The third-order valence-electron chi connectivity index (χ3n) is 7.82. The van der Waals surface area contributed by atoms with Crippen LogP contribution in [0.15, 0.2) is 42.0 Å². The smallest absolute Gasteiger partial charge is 0.295 e. The van der Waals surface area contributed by atoms with Crippen molar-refractivity contribution in [2.75, 3.05) is 46.5 Å². The summed E-state index contributed by atoms with van der Waals surface area (Å²) in [6.45, 7) is 14.0. The molecule has 1 heterocycles. The third kappa shape index (κ3) is 7.85. The number of aryl methyl sites for hydroxylation is 1. The van der Waals surface area contributed by atoms with Crippen molar-refractivity contribution in [2.24, 2.45) is 0 Å². The van der Waals surface area contributed by atoms with Crippen molar-refractivity contribution in [1.82, 2.24) is 9.80 Å². The van der Waals surface area contributed by atoms with Crippen molar-refractivity contribution in [2.45, 2.75) is 72.8 Å². The van der Waals surface area contributed by atoms with Gasteiger partial charge in [-0.2, -0.15) is 0 Å². The zero-order valence-corrected chi connectivity index (χ0v) is 26.2. The van der Waals surface area contributed by atoms with E-state index in [4.69, 9.17) is 14.2 Å². The van der Waals surface area contributed by atoms with Crippen LogP contribution in [-0.4, -0.2) is 73.1 Å². The predicted molar refractivity (Wildman–Crippen MR) is 166 cm³/mol. The molecule has 1 amide bonds. The first-order valence-corrected chi connectivity index (χ1v) is 15.4. The average Bonchev–Trinajstić information content (AvgIpc) is 3.25. The number of hydrogen-bond donors (Lipinski definition) is 1. The summed E-state index contributed by atoms with van der Waals surface area (Å²) in [5.74, 6) is 0.312. The van der Waals surface area contributed by atoms with E-state index in [0.29, 0.717) is 54.7 Å². The number of nitrogens with zero attached hydrogens (tertiary/aromatic N) is 2. The van der Waals surface area contributed by atoms with E-state index >= 15 is 0 Å². The summed E-state index contributed by atoms with van der Waals surface area (Å²) in [4.78, 5) is 30.8. The molecule has 1 saturated heterocycles. The van der Waals surface area contributed by atoms with E-state index < -0.39 is 17.7 Å². The minimum atomic E-state index is -0.775. The van der Waals surface area contributed by atoms with Gasteiger partial charge in [0.1, 0.15) is 11.5 Å². The van der Waals surface area contributed by atoms with Gasteiger partial charge in [0.05, 0.1) is 31.9 Å². The second kappa shape index (κ2) is 16.2. The van der Waals surface area contributed by atoms with E-state index in [0.717, 1.165) is 50.8 Å². The summed E-state index contributed by atoms with van der Waals surface area (Å²) in [7, 11) is 1.57. The van der Waals surface area contributed by atoms with Crippen molar-refractivity contribution < 1.29 is 28.9 Å². The maximum absolute atomic E-state index is 13.6. The number of likely N-dealkylation sites (N-methyl/N-ethyl adjacent to an activating group) is 1. The summed E-state index contributed by atoms with van der Waals surface area (Å²) in [5.41, 5.74) is 1.99. The van der Waals surface area contributed by atoms with E-state index in [1.54, 1.807) is 30.2 Å². The number of methoxy groups -OCH3 is 1. The molecule has 230 valence electrons. The Morgan fingerprint density at radius 1 is 0.905 bits per heavy atom. The number of amides is 1. The van der Waals surface area contributed by atoms with Gasteiger partial charge >= 0.3 is 0 Å². The lowest BCUT2D eigenvalue weighted by atomic mass is 9.93. The van der Waals surface area contributed by atoms with Gasteiger partial charge in [-0.1, -0.05) is 53.0 Å². The van der Waals surface area contributed by atoms with Gasteiger partial charge < -0.3 is 29.1 Å². The van der Waals surface area contributed by atoms with Crippen LogP contribution in [0, 0.1) is 6.92 Å². The van der Waals surface area contributed by atoms with Gasteiger partial charge in [-0.05, 0) is 74.3 Å². The number of likely N-dealkylation sites (tertiary alicyclic amines) is 1. The lowest BCUT2D eigenvalue weighted by Crippen LogP contribution is -2.38. The number of carbonyl (C=O) groups is 2. The first-order valence-electron chi connectivity index (χ1n) is 15.4. The number of hydrogen-bond acceptors (Lipinski definition) is 7. The number of ether oxygens (including phenoxy) is 3. The van der Waals surface area contributed by atoms with Crippen LogP contribution < -0.4 is 14.2 Å². The molecule has 2 aromatic carbocycles. The minimum absolute atomic E-state index is 0.0703. The van der Waals surface area contributed by atoms with E-state index in [9.17, 15) is 14.7 Å². The number of rotatable bonds is 17. The number of unbranched alkanes of at least 4 members (excludes halogenated alkanes) is 3. The molecule has 0 radical (unpaired) electrons. The van der Waals surface area contributed by atoms with Crippen LogP contribution in [0.25, 0.3) is 5.76 Å². The molecule has 3 rings (SSSR count). The molecule has 8 heteroatoms. The number of benzene rings is 2. The monoisotopic (exact) mass is 580 g/mol. The predicted octanol–water partition coefficient (Wildman–Crippen LogP) is 6.52. The molecule has 8 nitrogen and oxygen atoms in total. The molecule has 1 fully saturated rings. The molecule has 1 aliphatic heterocycles. The fourth-order valence-electron chi connectivity index (χ4n) is 5.22. The minimum Gasteiger partial charge on any atom is -0.507 e. The van der Waals surface area contributed by atoms with Gasteiger partial charge in [-0.25, -0.2) is 0 Å². The molecule has 42 heavy (non-hydrogen) atoms. The molecule has 0 spiro atoms. The highest BCUT2D eigenvalue weighted by atomic mass is 16.5. The van der Waals surface area contributed by atoms with Gasteiger partial charge in [-0.3, -0.25) is 9.59 Å². The highest BCUT2D eigenvalue weighted by Gasteiger charge is 2.46. The Balaban J connectivity index is 2.06. The van der Waals surface area contributed by atoms with Crippen LogP contribution in [0.1, 0.15) is 82.5 Å². The van der Waals surface area contributed by atoms with E-state index in [1.807, 2.05) is 25.1 Å². The molecule has 1 atom stereocenters. The standard InChI is InChI=1S/C34H48N2O6/c1-7-11-13-21-42-28-17-14-25(23-29(28)40-6)31-30(33(38)34(39)36(31)19-18-35(9-3)10-4)32(37)27-16-15-26(22-24(27)5)41-20-12-8-2/h14-17,22-23,31,37H,7-13,18-21H2,1-6H3/b32-30+. The number of carbonyl (C=O) groups excluding carboxylic acids is 2. The van der Waals surface area contributed by atoms with Crippen LogP contribution in [-0.2, 0) is 9.59 Å². The summed E-state index contributed by atoms with van der Waals surface area (Å²) in [6, 6.07) is 10.1. The summed E-state index contributed by atoms with van der Waals surface area (Å²) in [5, 5.41) is 11.6. The number of Topliss-reactive ketones (excluding diaryl/α,β-unsaturated/α-hetero) is 1. The molecular weight excluding hydrogens is 532 g/mol. The van der Waals surface area contributed by atoms with E-state index in [-0.39, 0.29) is 11.3 Å². The summed E-state index contributed by atoms with van der Waals surface area (Å²) >= 11 is 0. The quantitative estimate of drug-likeness (QED) is 0.0987. The normalized spacial score (nSPS) is 16.4. The molecule has 0 aromatic heterocycles. The van der Waals surface area contributed by atoms with Gasteiger partial charge in [0.15, 0.2) is 11.5 Å². The first kappa shape index (κ1) is 33.0. The second-order valence-corrected chi connectivity index (χ2v) is 10.7. The maximum atomic E-state index is 13.6. The third-order valence-corrected chi connectivity index (χ3v) is 7.82. The lowest BCUT2D eigenvalue weighted by Gasteiger charge is -2.28. The van der Waals surface area contributed by atoms with Crippen LogP contribution in [0.5, 0.6) is 17.2 Å². The summed E-state index contributed by atoms with van der Waals surface area (Å²) < 4.78 is 17.5. The van der Waals surface area contributed by atoms with Crippen molar-refractivity contribution in [3.8, 4) is 17.2 Å². The molecule has 0 bridgehead atoms. The van der Waals surface area contributed by atoms with Crippen LogP contribution in [0.4, 0.5) is 0 Å². The highest BCUT2D eigenvalue weighted by Crippen LogP contribution is 2.42. The molecule has 1 unspecified atom stereocenters. The van der Waals surface area contributed by atoms with Crippen molar-refractivity contribution in [3.63, 3.8) is 0 Å². The Morgan fingerprint density at radius 3 is 2.26 bits per heavy atom. The van der Waals surface area contributed by atoms with Crippen molar-refractivity contribution >= 4 is 17.4 Å². The molecule has 1 N–H and O–H groups in total. The SMILES string of the molecule is CCCCCOc1ccc(C2/C(=C(\O)c3ccc(OCCCC)cc3C)C(=O)C(=O)N2CCN(CC)CC)cc1OC. The van der Waals surface area contributed by atoms with Gasteiger partial charge in [0.2, 0.25) is 0 Å². The lowest BCUT2D eigenvalue weighted by molar-refractivity contribution is -0.140. The van der Waals surface area contributed by atoms with Gasteiger partial charge in [0, 0.05) is 18.7 Å². The zero-order chi connectivity index (χ0) is 30.6. The number of aliphatic hydroxyl groups excluding tert-OH is 1. The maximum Gasteiger partial charge on any atom is 0.295 e. The molecule has 2 aromatic rings. The first-order chi connectivity index (χ1) is 20.3. The zero-order valence-electron chi connectivity index (χ0n) is 26.2. The summed E-state index contributed by atoms with van der Waals surface area (Å²) in [6.07, 6.45) is 5.09. The Labute approximate surface area is 251 Å². The number of aliphatic hydroxyl groups is 1. The van der Waals surface area contributed by atoms with Gasteiger partial charge in [0.25, 0.3) is 11.7 Å². The Bertz CT molecular complexity index is 1240. The average molecular weight is 581 g/mol. The van der Waals surface area contributed by atoms with Gasteiger partial charge in [-0.15, -0.1) is 0 Å². The Hall–Kier alpha value is -3.52. The fourth-order valence-corrected chi connectivity index (χ4v) is 5.22. The van der Waals surface area contributed by atoms with Crippen molar-refractivity contribution in [1.29, 1.82) is 0 Å². The largest absolute Gasteiger partial charge is 0.507 e. The fraction of sp³-hybridized carbons (Fsp3) is 0.529. The molecule has 1 aliphatic rings.